The Hall–Kier alpha value is -0.570. The Morgan fingerprint density at radius 2 is 2.31 bits per heavy atom. The second-order valence-electron chi connectivity index (χ2n) is 3.11. The van der Waals surface area contributed by atoms with Crippen molar-refractivity contribution in [3.63, 3.8) is 0 Å². The first-order chi connectivity index (χ1) is 6.24. The van der Waals surface area contributed by atoms with Gasteiger partial charge in [0.25, 0.3) is 0 Å². The van der Waals surface area contributed by atoms with Crippen LogP contribution < -0.4 is 5.32 Å². The van der Waals surface area contributed by atoms with E-state index in [1.54, 1.807) is 0 Å². The molecule has 0 bridgehead atoms. The first-order valence-corrected chi connectivity index (χ1v) is 5.39. The highest BCUT2D eigenvalue weighted by atomic mass is 79.9. The van der Waals surface area contributed by atoms with Crippen molar-refractivity contribution in [3.8, 4) is 0 Å². The molecule has 0 radical (unpaired) electrons. The molecule has 0 amide bonds. The van der Waals surface area contributed by atoms with E-state index in [4.69, 9.17) is 0 Å². The number of hydrogen-bond acceptors (Lipinski definition) is 2. The normalized spacial score (nSPS) is 10.1. The first-order valence-electron chi connectivity index (χ1n) is 4.60. The van der Waals surface area contributed by atoms with Crippen molar-refractivity contribution >= 4 is 21.6 Å². The van der Waals surface area contributed by atoms with Crippen LogP contribution in [0.5, 0.6) is 0 Å². The molecular formula is C10H15BrN2. The zero-order chi connectivity index (χ0) is 9.68. The molecule has 1 rings (SSSR count). The van der Waals surface area contributed by atoms with E-state index in [2.05, 4.69) is 39.2 Å². The van der Waals surface area contributed by atoms with Crippen LogP contribution in [0.25, 0.3) is 0 Å². The molecule has 13 heavy (non-hydrogen) atoms. The molecular weight excluding hydrogens is 228 g/mol. The number of hydrogen-bond donors (Lipinski definition) is 1. The molecule has 2 nitrogen and oxygen atoms in total. The largest absolute Gasteiger partial charge is 0.384 e. The quantitative estimate of drug-likeness (QED) is 0.647. The average molecular weight is 243 g/mol. The lowest BCUT2D eigenvalue weighted by molar-refractivity contribution is 0.833. The lowest BCUT2D eigenvalue weighted by atomic mass is 10.3. The van der Waals surface area contributed by atoms with E-state index in [1.165, 1.54) is 18.4 Å². The topological polar surface area (TPSA) is 24.9 Å². The molecule has 0 aromatic carbocycles. The minimum absolute atomic E-state index is 0.925. The Labute approximate surface area is 87.9 Å². The number of nitrogens with one attached hydrogen (secondary N) is 1. The molecule has 0 aliphatic rings. The molecule has 3 heteroatoms. The van der Waals surface area contributed by atoms with Crippen molar-refractivity contribution in [2.45, 2.75) is 26.7 Å². The van der Waals surface area contributed by atoms with Gasteiger partial charge in [0, 0.05) is 6.54 Å². The zero-order valence-corrected chi connectivity index (χ0v) is 9.69. The van der Waals surface area contributed by atoms with Crippen LogP contribution in [0.2, 0.25) is 0 Å². The van der Waals surface area contributed by atoms with E-state index in [1.807, 2.05) is 13.1 Å². The summed E-state index contributed by atoms with van der Waals surface area (Å²) in [5, 5.41) is 3.33. The van der Waals surface area contributed by atoms with Crippen molar-refractivity contribution in [2.24, 2.45) is 0 Å². The van der Waals surface area contributed by atoms with Crippen molar-refractivity contribution in [2.75, 3.05) is 11.9 Å². The summed E-state index contributed by atoms with van der Waals surface area (Å²) in [5.41, 5.74) is 2.27. The van der Waals surface area contributed by atoms with Crippen LogP contribution in [0.4, 0.5) is 5.69 Å². The van der Waals surface area contributed by atoms with Gasteiger partial charge >= 0.3 is 0 Å². The number of aromatic nitrogens is 1. The van der Waals surface area contributed by atoms with E-state index in [0.717, 1.165) is 16.8 Å². The summed E-state index contributed by atoms with van der Waals surface area (Å²) in [6, 6.07) is 2.10. The number of anilines is 1. The van der Waals surface area contributed by atoms with E-state index < -0.39 is 0 Å². The number of unbranched alkanes of at least 4 members (excludes halogenated alkanes) is 1. The second kappa shape index (κ2) is 5.22. The molecule has 0 saturated carbocycles. The Morgan fingerprint density at radius 3 is 2.92 bits per heavy atom. The Bertz CT molecular complexity index is 274. The number of nitrogens with zero attached hydrogens (tertiary/aromatic N) is 1. The lowest BCUT2D eigenvalue weighted by Gasteiger charge is -2.06. The minimum atomic E-state index is 0.925. The van der Waals surface area contributed by atoms with Crippen LogP contribution in [0.3, 0.4) is 0 Å². The monoisotopic (exact) mass is 242 g/mol. The number of aryl methyl sites for hydroxylation is 1. The van der Waals surface area contributed by atoms with Crippen LogP contribution in [0.15, 0.2) is 16.9 Å². The van der Waals surface area contributed by atoms with Crippen LogP contribution in [-0.4, -0.2) is 11.5 Å². The number of pyridine rings is 1. The Kier molecular flexibility index (Phi) is 4.22. The molecule has 0 atom stereocenters. The van der Waals surface area contributed by atoms with E-state index in [9.17, 15) is 0 Å². The summed E-state index contributed by atoms with van der Waals surface area (Å²) in [4.78, 5) is 4.21. The highest BCUT2D eigenvalue weighted by Gasteiger charge is 1.97. The van der Waals surface area contributed by atoms with E-state index in [-0.39, 0.29) is 0 Å². The fourth-order valence-electron chi connectivity index (χ4n) is 1.06. The van der Waals surface area contributed by atoms with Crippen LogP contribution >= 0.6 is 15.9 Å². The molecule has 1 aromatic heterocycles. The molecule has 0 unspecified atom stereocenters. The third-order valence-electron chi connectivity index (χ3n) is 1.87. The van der Waals surface area contributed by atoms with Crippen molar-refractivity contribution in [1.82, 2.24) is 4.98 Å². The van der Waals surface area contributed by atoms with Gasteiger partial charge in [0.1, 0.15) is 4.60 Å². The summed E-state index contributed by atoms with van der Waals surface area (Å²) in [5.74, 6) is 0. The fourth-order valence-corrected chi connectivity index (χ4v) is 1.28. The molecule has 0 fully saturated rings. The van der Waals surface area contributed by atoms with Crippen LogP contribution in [0.1, 0.15) is 25.3 Å². The average Bonchev–Trinajstić information content (AvgIpc) is 2.12. The van der Waals surface area contributed by atoms with Gasteiger partial charge in [-0.15, -0.1) is 0 Å². The van der Waals surface area contributed by atoms with E-state index in [0.29, 0.717) is 0 Å². The molecule has 1 aromatic rings. The molecule has 0 spiro atoms. The Balaban J connectivity index is 2.53. The third kappa shape index (κ3) is 3.35. The lowest BCUT2D eigenvalue weighted by Crippen LogP contribution is -2.01. The predicted molar refractivity (Wildman–Crippen MR) is 60.1 cm³/mol. The van der Waals surface area contributed by atoms with Crippen LogP contribution in [-0.2, 0) is 0 Å². The zero-order valence-electron chi connectivity index (χ0n) is 8.10. The summed E-state index contributed by atoms with van der Waals surface area (Å²) in [7, 11) is 0. The van der Waals surface area contributed by atoms with Gasteiger partial charge in [0.2, 0.25) is 0 Å². The number of rotatable bonds is 4. The van der Waals surface area contributed by atoms with Gasteiger partial charge in [0.05, 0.1) is 11.9 Å². The summed E-state index contributed by atoms with van der Waals surface area (Å²) in [6.45, 7) is 5.26. The van der Waals surface area contributed by atoms with Gasteiger partial charge in [-0.05, 0) is 40.9 Å². The van der Waals surface area contributed by atoms with Gasteiger partial charge in [-0.2, -0.15) is 0 Å². The third-order valence-corrected chi connectivity index (χ3v) is 2.70. The predicted octanol–water partition coefficient (Wildman–Crippen LogP) is 3.36. The van der Waals surface area contributed by atoms with Crippen molar-refractivity contribution in [3.05, 3.63) is 22.4 Å². The molecule has 0 aliphatic heterocycles. The van der Waals surface area contributed by atoms with Gasteiger partial charge in [-0.25, -0.2) is 4.98 Å². The standard InChI is InChI=1S/C10H15BrN2/c1-3-4-5-12-9-6-8(2)10(11)13-7-9/h6-7,12H,3-5H2,1-2H3. The maximum Gasteiger partial charge on any atom is 0.109 e. The van der Waals surface area contributed by atoms with Crippen LogP contribution in [0, 0.1) is 6.92 Å². The second-order valence-corrected chi connectivity index (χ2v) is 3.86. The van der Waals surface area contributed by atoms with Gasteiger partial charge in [0.15, 0.2) is 0 Å². The summed E-state index contributed by atoms with van der Waals surface area (Å²) >= 11 is 3.37. The van der Waals surface area contributed by atoms with Gasteiger partial charge < -0.3 is 5.32 Å². The van der Waals surface area contributed by atoms with Gasteiger partial charge in [-0.1, -0.05) is 13.3 Å². The summed E-state index contributed by atoms with van der Waals surface area (Å²) in [6.07, 6.45) is 4.28. The maximum absolute atomic E-state index is 4.21. The SMILES string of the molecule is CCCCNc1cnc(Br)c(C)c1. The minimum Gasteiger partial charge on any atom is -0.384 e. The highest BCUT2D eigenvalue weighted by molar-refractivity contribution is 9.10. The van der Waals surface area contributed by atoms with Crippen molar-refractivity contribution < 1.29 is 0 Å². The smallest absolute Gasteiger partial charge is 0.109 e. The first kappa shape index (κ1) is 10.5. The number of halogens is 1. The fraction of sp³-hybridized carbons (Fsp3) is 0.500. The van der Waals surface area contributed by atoms with Gasteiger partial charge in [-0.3, -0.25) is 0 Å². The van der Waals surface area contributed by atoms with Crippen molar-refractivity contribution in [1.29, 1.82) is 0 Å². The molecule has 1 N–H and O–H groups in total. The molecule has 0 aliphatic carbocycles. The highest BCUT2D eigenvalue weighted by Crippen LogP contribution is 2.16. The maximum atomic E-state index is 4.21. The molecule has 72 valence electrons. The Morgan fingerprint density at radius 1 is 1.54 bits per heavy atom. The molecule has 1 heterocycles. The molecule has 0 saturated heterocycles. The van der Waals surface area contributed by atoms with E-state index >= 15 is 0 Å². The summed E-state index contributed by atoms with van der Waals surface area (Å²) < 4.78 is 0.925.